The Morgan fingerprint density at radius 2 is 1.68 bits per heavy atom. The average molecular weight is 493 g/mol. The van der Waals surface area contributed by atoms with Gasteiger partial charge in [0.2, 0.25) is 16.0 Å². The number of carboxylic acids is 1. The summed E-state index contributed by atoms with van der Waals surface area (Å²) >= 11 is 0. The van der Waals surface area contributed by atoms with Crippen molar-refractivity contribution in [3.63, 3.8) is 0 Å². The van der Waals surface area contributed by atoms with Gasteiger partial charge >= 0.3 is 5.97 Å². The summed E-state index contributed by atoms with van der Waals surface area (Å²) in [4.78, 5) is 16.6. The van der Waals surface area contributed by atoms with Gasteiger partial charge in [-0.25, -0.2) is 8.42 Å². The fraction of sp³-hybridized carbons (Fsp3) is 0.391. The van der Waals surface area contributed by atoms with Gasteiger partial charge in [0.05, 0.1) is 11.5 Å². The van der Waals surface area contributed by atoms with E-state index < -0.39 is 22.0 Å². The van der Waals surface area contributed by atoms with Crippen LogP contribution in [0.1, 0.15) is 37.3 Å². The Labute approximate surface area is 200 Å². The van der Waals surface area contributed by atoms with Crippen LogP contribution in [0.4, 0.5) is 0 Å². The fourth-order valence-corrected chi connectivity index (χ4v) is 4.23. The molecule has 10 nitrogen and oxygen atoms in total. The van der Waals surface area contributed by atoms with Crippen LogP contribution in [0.15, 0.2) is 58.6 Å². The first-order valence-corrected chi connectivity index (χ1v) is 12.5. The van der Waals surface area contributed by atoms with Crippen LogP contribution in [-0.4, -0.2) is 44.7 Å². The third-order valence-electron chi connectivity index (χ3n) is 4.83. The number of nitrogens with zero attached hydrogens (tertiary/aromatic N) is 1. The van der Waals surface area contributed by atoms with E-state index in [-0.39, 0.29) is 23.9 Å². The number of hydrogen-bond donors (Lipinski definition) is 4. The number of aliphatic carboxylic acids is 1. The minimum atomic E-state index is -3.99. The first-order valence-electron chi connectivity index (χ1n) is 11.0. The number of guanidine groups is 1. The largest absolute Gasteiger partial charge is 0.493 e. The molecular formula is C23H32N4O6S. The molecule has 0 heterocycles. The molecule has 0 saturated heterocycles. The molecule has 34 heavy (non-hydrogen) atoms. The molecule has 11 heteroatoms. The van der Waals surface area contributed by atoms with E-state index in [2.05, 4.69) is 16.8 Å². The van der Waals surface area contributed by atoms with Crippen molar-refractivity contribution < 1.29 is 27.9 Å². The van der Waals surface area contributed by atoms with Gasteiger partial charge < -0.3 is 26.1 Å². The maximum atomic E-state index is 12.7. The van der Waals surface area contributed by atoms with Gasteiger partial charge in [0.1, 0.15) is 18.4 Å². The van der Waals surface area contributed by atoms with E-state index in [1.807, 2.05) is 0 Å². The minimum absolute atomic E-state index is 0.0181. The van der Waals surface area contributed by atoms with Crippen molar-refractivity contribution in [1.29, 1.82) is 0 Å². The van der Waals surface area contributed by atoms with E-state index >= 15 is 0 Å². The molecule has 1 atom stereocenters. The Balaban J connectivity index is 1.92. The summed E-state index contributed by atoms with van der Waals surface area (Å²) in [6.45, 7) is 2.75. The number of carboxylic acid groups (broad SMARTS) is 1. The van der Waals surface area contributed by atoms with Gasteiger partial charge in [0.25, 0.3) is 0 Å². The number of unbranched alkanes of at least 4 members (excludes halogenated alkanes) is 1. The fourth-order valence-electron chi connectivity index (χ4n) is 3.04. The quantitative estimate of drug-likeness (QED) is 0.127. The van der Waals surface area contributed by atoms with Gasteiger partial charge in [-0.1, -0.05) is 37.6 Å². The molecule has 6 N–H and O–H groups in total. The average Bonchev–Trinajstić information content (AvgIpc) is 2.80. The predicted molar refractivity (Wildman–Crippen MR) is 129 cm³/mol. The molecule has 1 unspecified atom stereocenters. The number of rotatable bonds is 15. The van der Waals surface area contributed by atoms with Crippen molar-refractivity contribution >= 4 is 22.0 Å². The monoisotopic (exact) mass is 492 g/mol. The van der Waals surface area contributed by atoms with Crippen molar-refractivity contribution in [2.24, 2.45) is 16.6 Å². The number of sulfonamides is 1. The molecule has 2 aromatic rings. The maximum absolute atomic E-state index is 12.7. The molecule has 0 amide bonds. The molecule has 2 aromatic carbocycles. The molecule has 0 aliphatic heterocycles. The number of nitrogens with two attached hydrogens (primary N) is 2. The molecule has 0 bridgehead atoms. The highest BCUT2D eigenvalue weighted by Crippen LogP contribution is 2.16. The third-order valence-corrected chi connectivity index (χ3v) is 6.32. The molecule has 0 saturated carbocycles. The molecule has 0 aliphatic rings. The highest BCUT2D eigenvalue weighted by Gasteiger charge is 2.25. The van der Waals surface area contributed by atoms with Gasteiger partial charge in [0, 0.05) is 6.42 Å². The van der Waals surface area contributed by atoms with Crippen LogP contribution < -0.4 is 20.9 Å². The second kappa shape index (κ2) is 13.4. The topological polar surface area (TPSA) is 166 Å². The van der Waals surface area contributed by atoms with Crippen LogP contribution in [-0.2, 0) is 32.5 Å². The SMILES string of the molecule is CCCCc1ccc(S(=O)(=O)NC(Cc2ccc(OCCCON=C(N)N)cc2)C(=O)O)cc1. The van der Waals surface area contributed by atoms with E-state index in [1.165, 1.54) is 12.1 Å². The molecule has 0 spiro atoms. The number of hydrogen-bond acceptors (Lipinski definition) is 6. The van der Waals surface area contributed by atoms with Crippen LogP contribution >= 0.6 is 0 Å². The first-order chi connectivity index (χ1) is 16.2. The number of oxime groups is 1. The lowest BCUT2D eigenvalue weighted by Crippen LogP contribution is -2.42. The predicted octanol–water partition coefficient (Wildman–Crippen LogP) is 1.98. The summed E-state index contributed by atoms with van der Waals surface area (Å²) in [5.41, 5.74) is 12.0. The Morgan fingerprint density at radius 3 is 2.26 bits per heavy atom. The standard InChI is InChI=1S/C23H32N4O6S/c1-2-3-5-17-8-12-20(13-9-17)34(30,31)27-21(22(28)29)16-18-6-10-19(11-7-18)32-14-4-15-33-26-23(24)25/h6-13,21,27H,2-5,14-16H2,1H3,(H,28,29)(H4,24,25,26). The molecule has 0 aliphatic carbocycles. The Kier molecular flexibility index (Phi) is 10.6. The van der Waals surface area contributed by atoms with Crippen molar-refractivity contribution in [3.8, 4) is 5.75 Å². The van der Waals surface area contributed by atoms with Crippen LogP contribution in [0.25, 0.3) is 0 Å². The summed E-state index contributed by atoms with van der Waals surface area (Å²) < 4.78 is 33.3. The molecule has 0 fully saturated rings. The third kappa shape index (κ3) is 9.28. The van der Waals surface area contributed by atoms with Crippen LogP contribution in [0, 0.1) is 0 Å². The van der Waals surface area contributed by atoms with Gasteiger partial charge in [-0.15, -0.1) is 0 Å². The molecule has 186 valence electrons. The highest BCUT2D eigenvalue weighted by atomic mass is 32.2. The number of carbonyl (C=O) groups is 1. The molecule has 0 aromatic heterocycles. The van der Waals surface area contributed by atoms with Crippen molar-refractivity contribution in [1.82, 2.24) is 4.72 Å². The molecule has 0 radical (unpaired) electrons. The lowest BCUT2D eigenvalue weighted by Gasteiger charge is -2.15. The van der Waals surface area contributed by atoms with E-state index in [4.69, 9.17) is 21.0 Å². The van der Waals surface area contributed by atoms with E-state index in [1.54, 1.807) is 36.4 Å². The van der Waals surface area contributed by atoms with Crippen LogP contribution in [0.3, 0.4) is 0 Å². The van der Waals surface area contributed by atoms with Gasteiger partial charge in [-0.05, 0) is 59.8 Å². The smallest absolute Gasteiger partial charge is 0.322 e. The van der Waals surface area contributed by atoms with Gasteiger partial charge in [0.15, 0.2) is 0 Å². The molecule has 2 rings (SSSR count). The number of nitrogens with one attached hydrogen (secondary N) is 1. The van der Waals surface area contributed by atoms with Crippen molar-refractivity contribution in [2.75, 3.05) is 13.2 Å². The number of ether oxygens (including phenoxy) is 1. The minimum Gasteiger partial charge on any atom is -0.493 e. The second-order valence-corrected chi connectivity index (χ2v) is 9.37. The Hall–Kier alpha value is -3.31. The van der Waals surface area contributed by atoms with Gasteiger partial charge in [-0.3, -0.25) is 4.79 Å². The number of benzene rings is 2. The maximum Gasteiger partial charge on any atom is 0.322 e. The Bertz CT molecular complexity index is 1040. The van der Waals surface area contributed by atoms with E-state index in [0.29, 0.717) is 24.3 Å². The van der Waals surface area contributed by atoms with Gasteiger partial charge in [-0.2, -0.15) is 4.72 Å². The number of aryl methyl sites for hydroxylation is 1. The van der Waals surface area contributed by atoms with Crippen molar-refractivity contribution in [3.05, 3.63) is 59.7 Å². The summed E-state index contributed by atoms with van der Waals surface area (Å²) in [5, 5.41) is 13.0. The van der Waals surface area contributed by atoms with E-state index in [0.717, 1.165) is 24.8 Å². The van der Waals surface area contributed by atoms with Crippen LogP contribution in [0.5, 0.6) is 5.75 Å². The summed E-state index contributed by atoms with van der Waals surface area (Å²) in [5.74, 6) is -0.829. The zero-order chi connectivity index (χ0) is 25.0. The highest BCUT2D eigenvalue weighted by molar-refractivity contribution is 7.89. The Morgan fingerprint density at radius 1 is 1.03 bits per heavy atom. The summed E-state index contributed by atoms with van der Waals surface area (Å²) in [6.07, 6.45) is 3.47. The van der Waals surface area contributed by atoms with Crippen LogP contribution in [0.2, 0.25) is 0 Å². The first kappa shape index (κ1) is 26.9. The summed E-state index contributed by atoms with van der Waals surface area (Å²) in [7, 11) is -3.99. The summed E-state index contributed by atoms with van der Waals surface area (Å²) in [6, 6.07) is 12.0. The lowest BCUT2D eigenvalue weighted by atomic mass is 10.1. The zero-order valence-corrected chi connectivity index (χ0v) is 20.0. The lowest BCUT2D eigenvalue weighted by molar-refractivity contribution is -0.138. The normalized spacial score (nSPS) is 12.0. The zero-order valence-electron chi connectivity index (χ0n) is 19.1. The van der Waals surface area contributed by atoms with Crippen molar-refractivity contribution in [2.45, 2.75) is 50.0 Å². The van der Waals surface area contributed by atoms with E-state index in [9.17, 15) is 18.3 Å². The molecular weight excluding hydrogens is 460 g/mol. The second-order valence-electron chi connectivity index (χ2n) is 7.66.